The van der Waals surface area contributed by atoms with Crippen LogP contribution in [0.3, 0.4) is 0 Å². The van der Waals surface area contributed by atoms with Crippen molar-refractivity contribution in [3.8, 4) is 0 Å². The molecule has 0 amide bonds. The first-order valence-corrected chi connectivity index (χ1v) is 6.37. The summed E-state index contributed by atoms with van der Waals surface area (Å²) in [5, 5.41) is 1.07. The van der Waals surface area contributed by atoms with Gasteiger partial charge in [-0.3, -0.25) is 4.79 Å². The Labute approximate surface area is 99.3 Å². The Hall–Kier alpha value is -1.22. The van der Waals surface area contributed by atoms with Crippen LogP contribution in [0.15, 0.2) is 24.3 Å². The molecule has 1 atom stereocenters. The van der Waals surface area contributed by atoms with Gasteiger partial charge in [-0.05, 0) is 25.5 Å². The zero-order chi connectivity index (χ0) is 11.5. The van der Waals surface area contributed by atoms with Gasteiger partial charge in [0.05, 0.1) is 15.2 Å². The number of ketones is 1. The molecule has 0 saturated carbocycles. The minimum atomic E-state index is 0.126. The van der Waals surface area contributed by atoms with Gasteiger partial charge in [0.2, 0.25) is 0 Å². The minimum Gasteiger partial charge on any atom is -0.300 e. The summed E-state index contributed by atoms with van der Waals surface area (Å²) >= 11 is 1.70. The topological polar surface area (TPSA) is 30.0 Å². The van der Waals surface area contributed by atoms with Gasteiger partial charge in [-0.1, -0.05) is 19.1 Å². The average molecular weight is 233 g/mol. The maximum absolute atomic E-state index is 11.4. The molecule has 0 aliphatic carbocycles. The normalized spacial score (nSPS) is 12.9. The van der Waals surface area contributed by atoms with Crippen LogP contribution in [0, 0.1) is 5.92 Å². The lowest BCUT2D eigenvalue weighted by molar-refractivity contribution is -0.120. The number of rotatable bonds is 4. The summed E-state index contributed by atoms with van der Waals surface area (Å²) < 4.78 is 1.20. The lowest BCUT2D eigenvalue weighted by atomic mass is 9.99. The molecule has 1 aromatic heterocycles. The van der Waals surface area contributed by atoms with E-state index in [0.29, 0.717) is 0 Å². The monoisotopic (exact) mass is 233 g/mol. The third-order valence-corrected chi connectivity index (χ3v) is 3.89. The smallest absolute Gasteiger partial charge is 0.133 e. The second-order valence-electron chi connectivity index (χ2n) is 4.00. The number of thiazole rings is 1. The number of Topliss-reactive ketones (excluding diaryl/α,β-unsaturated/α-hetero) is 1. The van der Waals surface area contributed by atoms with E-state index in [9.17, 15) is 4.79 Å². The van der Waals surface area contributed by atoms with Crippen molar-refractivity contribution in [3.05, 3.63) is 29.3 Å². The third kappa shape index (κ3) is 2.30. The predicted octanol–water partition coefficient (Wildman–Crippen LogP) is 3.45. The van der Waals surface area contributed by atoms with Crippen molar-refractivity contribution in [2.45, 2.75) is 26.7 Å². The molecule has 0 N–H and O–H groups in total. The lowest BCUT2D eigenvalue weighted by Crippen LogP contribution is -2.12. The van der Waals surface area contributed by atoms with E-state index >= 15 is 0 Å². The number of hydrogen-bond acceptors (Lipinski definition) is 3. The SMILES string of the molecule is CCC(Cc1nc2ccccc2s1)C(C)=O. The van der Waals surface area contributed by atoms with E-state index in [1.165, 1.54) is 4.70 Å². The molecule has 16 heavy (non-hydrogen) atoms. The van der Waals surface area contributed by atoms with E-state index in [4.69, 9.17) is 0 Å². The van der Waals surface area contributed by atoms with Gasteiger partial charge in [0.1, 0.15) is 5.78 Å². The Morgan fingerprint density at radius 2 is 2.19 bits per heavy atom. The van der Waals surface area contributed by atoms with Gasteiger partial charge < -0.3 is 0 Å². The van der Waals surface area contributed by atoms with Gasteiger partial charge >= 0.3 is 0 Å². The van der Waals surface area contributed by atoms with E-state index in [1.54, 1.807) is 18.3 Å². The quantitative estimate of drug-likeness (QED) is 0.809. The highest BCUT2D eigenvalue weighted by Crippen LogP contribution is 2.24. The van der Waals surface area contributed by atoms with Crippen LogP contribution in [0.2, 0.25) is 0 Å². The van der Waals surface area contributed by atoms with Crippen LogP contribution < -0.4 is 0 Å². The Balaban J connectivity index is 2.24. The number of benzene rings is 1. The van der Waals surface area contributed by atoms with Crippen molar-refractivity contribution in [3.63, 3.8) is 0 Å². The first-order chi connectivity index (χ1) is 7.70. The van der Waals surface area contributed by atoms with E-state index in [1.807, 2.05) is 18.2 Å². The Morgan fingerprint density at radius 3 is 2.81 bits per heavy atom. The summed E-state index contributed by atoms with van der Waals surface area (Å²) in [5.74, 6) is 0.391. The van der Waals surface area contributed by atoms with Crippen molar-refractivity contribution >= 4 is 27.3 Å². The highest BCUT2D eigenvalue weighted by molar-refractivity contribution is 7.18. The van der Waals surface area contributed by atoms with Gasteiger partial charge in [0.25, 0.3) is 0 Å². The minimum absolute atomic E-state index is 0.126. The lowest BCUT2D eigenvalue weighted by Gasteiger charge is -2.07. The van der Waals surface area contributed by atoms with Gasteiger partial charge in [-0.15, -0.1) is 11.3 Å². The molecule has 3 heteroatoms. The first-order valence-electron chi connectivity index (χ1n) is 5.55. The summed E-state index contributed by atoms with van der Waals surface area (Å²) in [5.41, 5.74) is 1.04. The van der Waals surface area contributed by atoms with E-state index in [0.717, 1.165) is 23.4 Å². The molecular weight excluding hydrogens is 218 g/mol. The molecule has 0 saturated heterocycles. The zero-order valence-electron chi connectivity index (χ0n) is 9.56. The van der Waals surface area contributed by atoms with Crippen LogP contribution in [-0.4, -0.2) is 10.8 Å². The molecule has 0 radical (unpaired) electrons. The molecule has 0 spiro atoms. The Bertz CT molecular complexity index is 470. The standard InChI is InChI=1S/C13H15NOS/c1-3-10(9(2)15)8-13-14-11-6-4-5-7-12(11)16-13/h4-7,10H,3,8H2,1-2H3. The highest BCUT2D eigenvalue weighted by atomic mass is 32.1. The molecule has 1 unspecified atom stereocenters. The highest BCUT2D eigenvalue weighted by Gasteiger charge is 2.14. The molecule has 84 valence electrons. The van der Waals surface area contributed by atoms with E-state index in [2.05, 4.69) is 18.0 Å². The summed E-state index contributed by atoms with van der Waals surface area (Å²) in [6.07, 6.45) is 1.68. The Kier molecular flexibility index (Phi) is 3.34. The second kappa shape index (κ2) is 4.74. The third-order valence-electron chi connectivity index (χ3n) is 2.83. The number of fused-ring (bicyclic) bond motifs is 1. The molecular formula is C13H15NOS. The summed E-state index contributed by atoms with van der Waals surface area (Å²) in [6.45, 7) is 3.72. The van der Waals surface area contributed by atoms with Crippen LogP contribution in [0.25, 0.3) is 10.2 Å². The number of aromatic nitrogens is 1. The number of carbonyl (C=O) groups excluding carboxylic acids is 1. The molecule has 1 heterocycles. The fraction of sp³-hybridized carbons (Fsp3) is 0.385. The molecule has 2 aromatic rings. The van der Waals surface area contributed by atoms with Gasteiger partial charge in [0.15, 0.2) is 0 Å². The number of nitrogens with zero attached hydrogens (tertiary/aromatic N) is 1. The van der Waals surface area contributed by atoms with Crippen molar-refractivity contribution in [2.75, 3.05) is 0 Å². The average Bonchev–Trinajstić information content (AvgIpc) is 2.67. The van der Waals surface area contributed by atoms with Crippen LogP contribution >= 0.6 is 11.3 Å². The number of hydrogen-bond donors (Lipinski definition) is 0. The summed E-state index contributed by atoms with van der Waals surface area (Å²) in [6, 6.07) is 8.11. The van der Waals surface area contributed by atoms with Crippen molar-refractivity contribution in [1.29, 1.82) is 0 Å². The second-order valence-corrected chi connectivity index (χ2v) is 5.11. The van der Waals surface area contributed by atoms with Crippen molar-refractivity contribution < 1.29 is 4.79 Å². The maximum atomic E-state index is 11.4. The molecule has 0 fully saturated rings. The molecule has 2 rings (SSSR count). The first kappa shape index (κ1) is 11.3. The fourth-order valence-corrected chi connectivity index (χ4v) is 2.84. The van der Waals surface area contributed by atoms with Crippen molar-refractivity contribution in [1.82, 2.24) is 4.98 Å². The molecule has 2 nitrogen and oxygen atoms in total. The van der Waals surface area contributed by atoms with E-state index < -0.39 is 0 Å². The maximum Gasteiger partial charge on any atom is 0.133 e. The predicted molar refractivity (Wildman–Crippen MR) is 67.8 cm³/mol. The van der Waals surface area contributed by atoms with Gasteiger partial charge in [-0.2, -0.15) is 0 Å². The number of carbonyl (C=O) groups is 1. The van der Waals surface area contributed by atoms with Crippen LogP contribution in [0.4, 0.5) is 0 Å². The largest absolute Gasteiger partial charge is 0.300 e. The molecule has 0 aliphatic heterocycles. The van der Waals surface area contributed by atoms with Crippen molar-refractivity contribution in [2.24, 2.45) is 5.92 Å². The van der Waals surface area contributed by atoms with Crippen LogP contribution in [0.5, 0.6) is 0 Å². The fourth-order valence-electron chi connectivity index (χ4n) is 1.79. The Morgan fingerprint density at radius 1 is 1.44 bits per heavy atom. The van der Waals surface area contributed by atoms with Crippen LogP contribution in [0.1, 0.15) is 25.3 Å². The number of para-hydroxylation sites is 1. The summed E-state index contributed by atoms with van der Waals surface area (Å²) in [7, 11) is 0. The van der Waals surface area contributed by atoms with Gasteiger partial charge in [-0.25, -0.2) is 4.98 Å². The molecule has 0 aliphatic rings. The van der Waals surface area contributed by atoms with Gasteiger partial charge in [0, 0.05) is 12.3 Å². The zero-order valence-corrected chi connectivity index (χ0v) is 10.4. The molecule has 1 aromatic carbocycles. The van der Waals surface area contributed by atoms with Crippen LogP contribution in [-0.2, 0) is 11.2 Å². The molecule has 0 bridgehead atoms. The summed E-state index contributed by atoms with van der Waals surface area (Å²) in [4.78, 5) is 15.9. The van der Waals surface area contributed by atoms with E-state index in [-0.39, 0.29) is 11.7 Å².